The average Bonchev–Trinajstić information content (AvgIpc) is 2.18. The maximum Gasteiger partial charge on any atom is 0.319 e. The minimum absolute atomic E-state index is 0.184. The van der Waals surface area contributed by atoms with Crippen LogP contribution in [0.2, 0.25) is 0 Å². The molecule has 1 aliphatic rings. The number of aliphatic hydroxyl groups is 1. The highest BCUT2D eigenvalue weighted by Gasteiger charge is 2.23. The Kier molecular flexibility index (Phi) is 4.70. The molecule has 0 aromatic heterocycles. The van der Waals surface area contributed by atoms with Gasteiger partial charge in [-0.1, -0.05) is 0 Å². The number of hydrogen-bond donors (Lipinski definition) is 1. The lowest BCUT2D eigenvalue weighted by Crippen LogP contribution is -2.51. The summed E-state index contributed by atoms with van der Waals surface area (Å²) >= 11 is 0. The van der Waals surface area contributed by atoms with Crippen molar-refractivity contribution < 1.29 is 14.6 Å². The molecule has 0 bridgehead atoms. The third-order valence-corrected chi connectivity index (χ3v) is 2.66. The summed E-state index contributed by atoms with van der Waals surface area (Å²) in [6.07, 6.45) is 0. The van der Waals surface area contributed by atoms with Gasteiger partial charge in [-0.25, -0.2) is 0 Å². The standard InChI is InChI=1S/C11H22N2O3/c1-11(2,15)9-13-6-4-12(5-7-13)8-10(14)16-3/h15H,4-9H2,1-3H3. The Morgan fingerprint density at radius 2 is 1.75 bits per heavy atom. The van der Waals surface area contributed by atoms with Crippen molar-refractivity contribution in [3.63, 3.8) is 0 Å². The first-order valence-corrected chi connectivity index (χ1v) is 5.64. The van der Waals surface area contributed by atoms with E-state index >= 15 is 0 Å². The second kappa shape index (κ2) is 5.61. The first kappa shape index (κ1) is 13.4. The number of rotatable bonds is 4. The summed E-state index contributed by atoms with van der Waals surface area (Å²) in [5, 5.41) is 9.69. The fourth-order valence-electron chi connectivity index (χ4n) is 1.90. The third kappa shape index (κ3) is 4.92. The molecule has 0 aliphatic carbocycles. The molecule has 1 rings (SSSR count). The van der Waals surface area contributed by atoms with E-state index in [-0.39, 0.29) is 5.97 Å². The predicted molar refractivity (Wildman–Crippen MR) is 61.2 cm³/mol. The summed E-state index contributed by atoms with van der Waals surface area (Å²) < 4.78 is 4.63. The molecule has 1 saturated heterocycles. The largest absolute Gasteiger partial charge is 0.468 e. The molecule has 5 nitrogen and oxygen atoms in total. The van der Waals surface area contributed by atoms with Gasteiger partial charge in [0.05, 0.1) is 19.3 Å². The molecule has 0 unspecified atom stereocenters. The van der Waals surface area contributed by atoms with Crippen molar-refractivity contribution in [3.05, 3.63) is 0 Å². The zero-order valence-corrected chi connectivity index (χ0v) is 10.4. The number of ether oxygens (including phenoxy) is 1. The van der Waals surface area contributed by atoms with Crippen LogP contribution in [-0.2, 0) is 9.53 Å². The van der Waals surface area contributed by atoms with Gasteiger partial charge in [0.1, 0.15) is 0 Å². The van der Waals surface area contributed by atoms with Gasteiger partial charge in [-0.15, -0.1) is 0 Å². The zero-order valence-electron chi connectivity index (χ0n) is 10.4. The Morgan fingerprint density at radius 3 is 2.19 bits per heavy atom. The van der Waals surface area contributed by atoms with Gasteiger partial charge < -0.3 is 9.84 Å². The second-order valence-corrected chi connectivity index (χ2v) is 4.94. The van der Waals surface area contributed by atoms with Gasteiger partial charge in [0.2, 0.25) is 0 Å². The number of esters is 1. The number of nitrogens with zero attached hydrogens (tertiary/aromatic N) is 2. The van der Waals surface area contributed by atoms with Crippen molar-refractivity contribution in [2.24, 2.45) is 0 Å². The molecule has 0 atom stereocenters. The molecule has 94 valence electrons. The number of hydrogen-bond acceptors (Lipinski definition) is 5. The number of β-amino-alcohol motifs (C(OH)–C–C–N with tert-alkyl or cyclic N) is 1. The first-order valence-electron chi connectivity index (χ1n) is 5.64. The van der Waals surface area contributed by atoms with Crippen LogP contribution in [0, 0.1) is 0 Å². The fraction of sp³-hybridized carbons (Fsp3) is 0.909. The Balaban J connectivity index is 2.26. The molecular formula is C11H22N2O3. The normalized spacial score (nSPS) is 19.8. The lowest BCUT2D eigenvalue weighted by atomic mass is 10.1. The van der Waals surface area contributed by atoms with Gasteiger partial charge in [-0.05, 0) is 13.8 Å². The van der Waals surface area contributed by atoms with E-state index in [1.54, 1.807) is 0 Å². The van der Waals surface area contributed by atoms with Gasteiger partial charge in [-0.2, -0.15) is 0 Å². The highest BCUT2D eigenvalue weighted by atomic mass is 16.5. The number of carbonyl (C=O) groups excluding carboxylic acids is 1. The monoisotopic (exact) mass is 230 g/mol. The smallest absolute Gasteiger partial charge is 0.319 e. The molecular weight excluding hydrogens is 208 g/mol. The van der Waals surface area contributed by atoms with E-state index in [0.717, 1.165) is 26.2 Å². The van der Waals surface area contributed by atoms with E-state index < -0.39 is 5.60 Å². The molecule has 1 aliphatic heterocycles. The first-order chi connectivity index (χ1) is 7.40. The Labute approximate surface area is 97.0 Å². The van der Waals surface area contributed by atoms with Gasteiger partial charge >= 0.3 is 5.97 Å². The molecule has 5 heteroatoms. The summed E-state index contributed by atoms with van der Waals surface area (Å²) in [7, 11) is 1.41. The van der Waals surface area contributed by atoms with Crippen LogP contribution in [0.15, 0.2) is 0 Å². The minimum Gasteiger partial charge on any atom is -0.468 e. The molecule has 0 amide bonds. The van der Waals surface area contributed by atoms with E-state index in [1.165, 1.54) is 7.11 Å². The Bertz CT molecular complexity index is 230. The van der Waals surface area contributed by atoms with Crippen molar-refractivity contribution in [2.45, 2.75) is 19.4 Å². The van der Waals surface area contributed by atoms with Gasteiger partial charge in [0.25, 0.3) is 0 Å². The van der Waals surface area contributed by atoms with Crippen LogP contribution >= 0.6 is 0 Å². The van der Waals surface area contributed by atoms with Crippen molar-refractivity contribution in [2.75, 3.05) is 46.4 Å². The molecule has 1 N–H and O–H groups in total. The van der Waals surface area contributed by atoms with E-state index in [4.69, 9.17) is 0 Å². The highest BCUT2D eigenvalue weighted by Crippen LogP contribution is 2.08. The van der Waals surface area contributed by atoms with Crippen LogP contribution in [0.5, 0.6) is 0 Å². The summed E-state index contributed by atoms with van der Waals surface area (Å²) in [6, 6.07) is 0. The molecule has 0 radical (unpaired) electrons. The maximum atomic E-state index is 11.1. The minimum atomic E-state index is -0.648. The van der Waals surface area contributed by atoms with Crippen LogP contribution in [0.4, 0.5) is 0 Å². The van der Waals surface area contributed by atoms with E-state index in [0.29, 0.717) is 13.1 Å². The SMILES string of the molecule is COC(=O)CN1CCN(CC(C)(C)O)CC1. The highest BCUT2D eigenvalue weighted by molar-refractivity contribution is 5.71. The lowest BCUT2D eigenvalue weighted by molar-refractivity contribution is -0.142. The van der Waals surface area contributed by atoms with Crippen LogP contribution in [0.3, 0.4) is 0 Å². The molecule has 0 spiro atoms. The van der Waals surface area contributed by atoms with Gasteiger partial charge in [0.15, 0.2) is 0 Å². The van der Waals surface area contributed by atoms with Crippen molar-refractivity contribution in [3.8, 4) is 0 Å². The average molecular weight is 230 g/mol. The second-order valence-electron chi connectivity index (χ2n) is 4.94. The number of methoxy groups -OCH3 is 1. The Morgan fingerprint density at radius 1 is 1.25 bits per heavy atom. The maximum absolute atomic E-state index is 11.1. The summed E-state index contributed by atoms with van der Waals surface area (Å²) in [6.45, 7) is 8.16. The quantitative estimate of drug-likeness (QED) is 0.663. The molecule has 0 aromatic carbocycles. The zero-order chi connectivity index (χ0) is 12.2. The molecule has 16 heavy (non-hydrogen) atoms. The van der Waals surface area contributed by atoms with Gasteiger partial charge in [-0.3, -0.25) is 14.6 Å². The molecule has 0 saturated carbocycles. The molecule has 1 fully saturated rings. The van der Waals surface area contributed by atoms with Crippen LogP contribution in [-0.4, -0.2) is 72.9 Å². The fourth-order valence-corrected chi connectivity index (χ4v) is 1.90. The van der Waals surface area contributed by atoms with Gasteiger partial charge in [0, 0.05) is 32.7 Å². The summed E-state index contributed by atoms with van der Waals surface area (Å²) in [5.41, 5.74) is -0.648. The van der Waals surface area contributed by atoms with Crippen LogP contribution in [0.1, 0.15) is 13.8 Å². The van der Waals surface area contributed by atoms with Crippen molar-refractivity contribution in [1.29, 1.82) is 0 Å². The van der Waals surface area contributed by atoms with Crippen LogP contribution < -0.4 is 0 Å². The lowest BCUT2D eigenvalue weighted by Gasteiger charge is -2.36. The Hall–Kier alpha value is -0.650. The number of carbonyl (C=O) groups is 1. The predicted octanol–water partition coefficient (Wildman–Crippen LogP) is -0.452. The van der Waals surface area contributed by atoms with E-state index in [9.17, 15) is 9.90 Å². The number of piperazine rings is 1. The van der Waals surface area contributed by atoms with E-state index in [1.807, 2.05) is 13.8 Å². The molecule has 1 heterocycles. The topological polar surface area (TPSA) is 53.0 Å². The van der Waals surface area contributed by atoms with Crippen LogP contribution in [0.25, 0.3) is 0 Å². The molecule has 0 aromatic rings. The summed E-state index contributed by atoms with van der Waals surface area (Å²) in [4.78, 5) is 15.4. The third-order valence-electron chi connectivity index (χ3n) is 2.66. The summed E-state index contributed by atoms with van der Waals surface area (Å²) in [5.74, 6) is -0.184. The van der Waals surface area contributed by atoms with Crippen molar-refractivity contribution in [1.82, 2.24) is 9.80 Å². The van der Waals surface area contributed by atoms with E-state index in [2.05, 4.69) is 14.5 Å². The van der Waals surface area contributed by atoms with Crippen molar-refractivity contribution >= 4 is 5.97 Å².